The molecule has 2 aromatic carbocycles. The molecule has 4 rings (SSSR count). The quantitative estimate of drug-likeness (QED) is 0.860. The lowest BCUT2D eigenvalue weighted by Gasteiger charge is -2.31. The average Bonchev–Trinajstić information content (AvgIpc) is 2.99. The maximum absolute atomic E-state index is 13.0. The Hall–Kier alpha value is -3.09. The van der Waals surface area contributed by atoms with E-state index in [0.717, 1.165) is 6.42 Å². The molecule has 152 valence electrons. The Labute approximate surface area is 168 Å². The molecule has 2 aliphatic rings. The van der Waals surface area contributed by atoms with E-state index >= 15 is 0 Å². The van der Waals surface area contributed by atoms with E-state index in [1.54, 1.807) is 23.1 Å². The normalized spacial score (nSPS) is 16.8. The van der Waals surface area contributed by atoms with E-state index < -0.39 is 0 Å². The van der Waals surface area contributed by atoms with E-state index in [-0.39, 0.29) is 23.5 Å². The summed E-state index contributed by atoms with van der Waals surface area (Å²) in [5.41, 5.74) is 1.13. The largest absolute Gasteiger partial charge is 0.490 e. The molecule has 0 atom stereocenters. The summed E-state index contributed by atoms with van der Waals surface area (Å²) >= 11 is 0. The summed E-state index contributed by atoms with van der Waals surface area (Å²) in [5, 5.41) is 2.94. The number of hydrogen-bond acceptors (Lipinski definition) is 4. The second-order valence-electron chi connectivity index (χ2n) is 7.27. The number of ether oxygens (including phenoxy) is 2. The molecular weight excluding hydrogens is 375 g/mol. The highest BCUT2D eigenvalue weighted by molar-refractivity contribution is 5.95. The van der Waals surface area contributed by atoms with E-state index in [4.69, 9.17) is 9.47 Å². The minimum atomic E-state index is -0.369. The van der Waals surface area contributed by atoms with Gasteiger partial charge in [0.1, 0.15) is 5.82 Å². The number of hydrogen-bond donors (Lipinski definition) is 1. The second-order valence-corrected chi connectivity index (χ2v) is 7.27. The molecular formula is C22H23FN2O4. The molecule has 0 radical (unpaired) electrons. The fourth-order valence-corrected chi connectivity index (χ4v) is 3.61. The molecule has 2 aliphatic heterocycles. The number of nitrogens with zero attached hydrogens (tertiary/aromatic N) is 1. The van der Waals surface area contributed by atoms with Crippen molar-refractivity contribution in [1.29, 1.82) is 0 Å². The van der Waals surface area contributed by atoms with Crippen molar-refractivity contribution < 1.29 is 23.5 Å². The van der Waals surface area contributed by atoms with Gasteiger partial charge in [-0.15, -0.1) is 0 Å². The first-order valence-electron chi connectivity index (χ1n) is 9.85. The zero-order valence-corrected chi connectivity index (χ0v) is 16.0. The van der Waals surface area contributed by atoms with Gasteiger partial charge in [-0.1, -0.05) is 0 Å². The molecule has 0 aromatic heterocycles. The molecule has 2 amide bonds. The number of carbonyl (C=O) groups is 2. The molecule has 0 unspecified atom stereocenters. The molecule has 0 saturated carbocycles. The molecule has 0 spiro atoms. The number of halogens is 1. The van der Waals surface area contributed by atoms with Gasteiger partial charge in [-0.25, -0.2) is 4.39 Å². The van der Waals surface area contributed by atoms with E-state index in [2.05, 4.69) is 5.32 Å². The third kappa shape index (κ3) is 4.50. The highest BCUT2D eigenvalue weighted by Gasteiger charge is 2.28. The number of carbonyl (C=O) groups excluding carboxylic acids is 2. The van der Waals surface area contributed by atoms with Crippen molar-refractivity contribution in [2.75, 3.05) is 31.6 Å². The minimum absolute atomic E-state index is 0.0617. The predicted molar refractivity (Wildman–Crippen MR) is 106 cm³/mol. The van der Waals surface area contributed by atoms with Crippen molar-refractivity contribution >= 4 is 17.5 Å². The van der Waals surface area contributed by atoms with Crippen molar-refractivity contribution in [3.8, 4) is 11.5 Å². The van der Waals surface area contributed by atoms with Crippen LogP contribution in [-0.2, 0) is 4.79 Å². The van der Waals surface area contributed by atoms with Crippen LogP contribution in [0.1, 0.15) is 29.6 Å². The molecule has 6 nitrogen and oxygen atoms in total. The smallest absolute Gasteiger partial charge is 0.253 e. The highest BCUT2D eigenvalue weighted by Crippen LogP contribution is 2.32. The van der Waals surface area contributed by atoms with Gasteiger partial charge < -0.3 is 19.7 Å². The summed E-state index contributed by atoms with van der Waals surface area (Å²) < 4.78 is 24.3. The number of likely N-dealkylation sites (tertiary alicyclic amines) is 1. The Morgan fingerprint density at radius 3 is 2.38 bits per heavy atom. The predicted octanol–water partition coefficient (Wildman–Crippen LogP) is 3.48. The maximum Gasteiger partial charge on any atom is 0.253 e. The van der Waals surface area contributed by atoms with Crippen LogP contribution >= 0.6 is 0 Å². The maximum atomic E-state index is 13.0. The standard InChI is InChI=1S/C22H23FN2O4/c23-17-4-2-16(3-5-17)22(27)25-10-8-15(9-11-25)21(26)24-18-6-7-19-20(14-18)29-13-1-12-28-19/h2-7,14-15H,1,8-13H2,(H,24,26). The van der Waals surface area contributed by atoms with Gasteiger partial charge in [-0.2, -0.15) is 0 Å². The van der Waals surface area contributed by atoms with Crippen LogP contribution in [-0.4, -0.2) is 43.0 Å². The first kappa shape index (κ1) is 19.2. The van der Waals surface area contributed by atoms with Crippen molar-refractivity contribution in [2.24, 2.45) is 5.92 Å². The van der Waals surface area contributed by atoms with Gasteiger partial charge in [0.05, 0.1) is 13.2 Å². The fraction of sp³-hybridized carbons (Fsp3) is 0.364. The Balaban J connectivity index is 1.33. The van der Waals surface area contributed by atoms with Gasteiger partial charge in [0.2, 0.25) is 5.91 Å². The van der Waals surface area contributed by atoms with Crippen LogP contribution in [0, 0.1) is 11.7 Å². The lowest BCUT2D eigenvalue weighted by Crippen LogP contribution is -2.41. The summed E-state index contributed by atoms with van der Waals surface area (Å²) in [7, 11) is 0. The lowest BCUT2D eigenvalue weighted by molar-refractivity contribution is -0.121. The number of fused-ring (bicyclic) bond motifs is 1. The monoisotopic (exact) mass is 398 g/mol. The van der Waals surface area contributed by atoms with Crippen LogP contribution in [0.4, 0.5) is 10.1 Å². The lowest BCUT2D eigenvalue weighted by atomic mass is 9.95. The van der Waals surface area contributed by atoms with Crippen LogP contribution in [0.25, 0.3) is 0 Å². The van der Waals surface area contributed by atoms with Gasteiger partial charge in [-0.05, 0) is 49.2 Å². The SMILES string of the molecule is O=C(Nc1ccc2c(c1)OCCCO2)C1CCN(C(=O)c2ccc(F)cc2)CC1. The zero-order chi connectivity index (χ0) is 20.2. The Morgan fingerprint density at radius 1 is 0.966 bits per heavy atom. The van der Waals surface area contributed by atoms with E-state index in [1.165, 1.54) is 24.3 Å². The molecule has 1 fully saturated rings. The summed E-state index contributed by atoms with van der Waals surface area (Å²) in [5.74, 6) is 0.600. The van der Waals surface area contributed by atoms with Crippen molar-refractivity contribution in [2.45, 2.75) is 19.3 Å². The Morgan fingerprint density at radius 2 is 1.66 bits per heavy atom. The van der Waals surface area contributed by atoms with Crippen molar-refractivity contribution in [1.82, 2.24) is 4.90 Å². The molecule has 7 heteroatoms. The van der Waals surface area contributed by atoms with E-state index in [0.29, 0.717) is 61.9 Å². The van der Waals surface area contributed by atoms with Crippen molar-refractivity contribution in [3.05, 3.63) is 53.8 Å². The topological polar surface area (TPSA) is 67.9 Å². The Kier molecular flexibility index (Phi) is 5.64. The summed E-state index contributed by atoms with van der Waals surface area (Å²) in [6.45, 7) is 2.20. The number of rotatable bonds is 3. The first-order valence-corrected chi connectivity index (χ1v) is 9.85. The summed E-state index contributed by atoms with van der Waals surface area (Å²) in [4.78, 5) is 26.9. The van der Waals surface area contributed by atoms with Gasteiger partial charge in [0.15, 0.2) is 11.5 Å². The Bertz CT molecular complexity index is 892. The molecule has 1 N–H and O–H groups in total. The number of nitrogens with one attached hydrogen (secondary N) is 1. The zero-order valence-electron chi connectivity index (χ0n) is 16.0. The van der Waals surface area contributed by atoms with Gasteiger partial charge in [0, 0.05) is 42.7 Å². The fourth-order valence-electron chi connectivity index (χ4n) is 3.61. The molecule has 29 heavy (non-hydrogen) atoms. The minimum Gasteiger partial charge on any atom is -0.490 e. The summed E-state index contributed by atoms with van der Waals surface area (Å²) in [6.07, 6.45) is 2.00. The summed E-state index contributed by atoms with van der Waals surface area (Å²) in [6, 6.07) is 10.9. The molecule has 1 saturated heterocycles. The van der Waals surface area contributed by atoms with Crippen LogP contribution in [0.15, 0.2) is 42.5 Å². The van der Waals surface area contributed by atoms with Gasteiger partial charge in [-0.3, -0.25) is 9.59 Å². The number of anilines is 1. The molecule has 0 bridgehead atoms. The van der Waals surface area contributed by atoms with Gasteiger partial charge in [0.25, 0.3) is 5.91 Å². The van der Waals surface area contributed by atoms with E-state index in [1.807, 2.05) is 0 Å². The van der Waals surface area contributed by atoms with E-state index in [9.17, 15) is 14.0 Å². The second kappa shape index (κ2) is 8.51. The van der Waals surface area contributed by atoms with Crippen molar-refractivity contribution in [3.63, 3.8) is 0 Å². The van der Waals surface area contributed by atoms with Crippen LogP contribution in [0.2, 0.25) is 0 Å². The third-order valence-electron chi connectivity index (χ3n) is 5.26. The molecule has 0 aliphatic carbocycles. The number of amides is 2. The first-order chi connectivity index (χ1) is 14.1. The van der Waals surface area contributed by atoms with Gasteiger partial charge >= 0.3 is 0 Å². The number of benzene rings is 2. The van der Waals surface area contributed by atoms with Crippen LogP contribution in [0.5, 0.6) is 11.5 Å². The average molecular weight is 398 g/mol. The van der Waals surface area contributed by atoms with Crippen LogP contribution in [0.3, 0.4) is 0 Å². The highest BCUT2D eigenvalue weighted by atomic mass is 19.1. The molecule has 2 aromatic rings. The third-order valence-corrected chi connectivity index (χ3v) is 5.26. The number of piperidine rings is 1. The van der Waals surface area contributed by atoms with Crippen LogP contribution < -0.4 is 14.8 Å². The molecule has 2 heterocycles.